The van der Waals surface area contributed by atoms with E-state index in [9.17, 15) is 5.11 Å². The Kier molecular flexibility index (Phi) is 4.51. The Hall–Kier alpha value is -3.23. The summed E-state index contributed by atoms with van der Waals surface area (Å²) in [4.78, 5) is 8.66. The maximum absolute atomic E-state index is 11.1. The number of nitrogens with one attached hydrogen (secondary N) is 1. The van der Waals surface area contributed by atoms with E-state index in [4.69, 9.17) is 15.6 Å². The number of benzene rings is 2. The average molecular weight is 431 g/mol. The number of aliphatic hydroxyl groups is 1. The number of hydrogen-bond acceptors (Lipinski definition) is 7. The van der Waals surface area contributed by atoms with Crippen LogP contribution in [0.3, 0.4) is 0 Å². The molecule has 3 heterocycles. The lowest BCUT2D eigenvalue weighted by molar-refractivity contribution is -0.00724. The molecule has 2 aliphatic rings. The van der Waals surface area contributed by atoms with Crippen molar-refractivity contribution in [2.24, 2.45) is 0 Å². The summed E-state index contributed by atoms with van der Waals surface area (Å²) in [7, 11) is 0. The fourth-order valence-electron chi connectivity index (χ4n) is 4.49. The normalized spacial score (nSPS) is 18.3. The van der Waals surface area contributed by atoms with Gasteiger partial charge in [0.1, 0.15) is 23.6 Å². The Morgan fingerprint density at radius 1 is 1.09 bits per heavy atom. The molecule has 4 aromatic rings. The first-order chi connectivity index (χ1) is 15.6. The van der Waals surface area contributed by atoms with Crippen LogP contribution >= 0.6 is 0 Å². The number of nitrogens with zero attached hydrogens (tertiary/aromatic N) is 4. The van der Waals surface area contributed by atoms with Gasteiger partial charge < -0.3 is 20.9 Å². The third-order valence-electron chi connectivity index (χ3n) is 6.45. The molecule has 2 aromatic carbocycles. The molecule has 6 rings (SSSR count). The zero-order chi connectivity index (χ0) is 21.7. The molecule has 0 unspecified atom stereocenters. The fraction of sp³-hybridized carbons (Fsp3) is 0.375. The Balaban J connectivity index is 1.41. The summed E-state index contributed by atoms with van der Waals surface area (Å²) in [5.74, 6) is 1.30. The molecule has 8 nitrogen and oxygen atoms in total. The highest BCUT2D eigenvalue weighted by Crippen LogP contribution is 2.35. The molecule has 8 heteroatoms. The molecule has 1 saturated carbocycles. The zero-order valence-corrected chi connectivity index (χ0v) is 17.8. The molecule has 1 aliphatic heterocycles. The number of anilines is 1. The summed E-state index contributed by atoms with van der Waals surface area (Å²) >= 11 is 0. The fourth-order valence-corrected chi connectivity index (χ4v) is 4.49. The van der Waals surface area contributed by atoms with Crippen LogP contribution in [0.25, 0.3) is 33.1 Å². The molecule has 164 valence electrons. The highest BCUT2D eigenvalue weighted by atomic mass is 16.5. The van der Waals surface area contributed by atoms with E-state index in [-0.39, 0.29) is 0 Å². The Bertz CT molecular complexity index is 1310. The summed E-state index contributed by atoms with van der Waals surface area (Å²) in [6, 6.07) is 12.4. The van der Waals surface area contributed by atoms with E-state index in [0.717, 1.165) is 59.1 Å². The number of piperidine rings is 1. The molecule has 2 aromatic heterocycles. The number of nitrogen functional groups attached to an aromatic ring is 1. The van der Waals surface area contributed by atoms with Crippen molar-refractivity contribution in [2.75, 3.05) is 18.8 Å². The number of fused-ring (bicyclic) bond motifs is 2. The average Bonchev–Trinajstić information content (AvgIpc) is 3.54. The smallest absolute Gasteiger partial charge is 0.164 e. The van der Waals surface area contributed by atoms with Gasteiger partial charge in [0.15, 0.2) is 5.65 Å². The molecular weight excluding hydrogens is 404 g/mol. The lowest BCUT2D eigenvalue weighted by Crippen LogP contribution is -2.45. The first-order valence-corrected chi connectivity index (χ1v) is 11.2. The number of nitrogens with two attached hydrogens (primary N) is 1. The Labute approximate surface area is 185 Å². The van der Waals surface area contributed by atoms with Crippen LogP contribution in [0.1, 0.15) is 25.7 Å². The Morgan fingerprint density at radius 3 is 2.69 bits per heavy atom. The number of hydrogen-bond donors (Lipinski definition) is 3. The van der Waals surface area contributed by atoms with E-state index in [0.29, 0.717) is 37.0 Å². The van der Waals surface area contributed by atoms with Gasteiger partial charge in [-0.1, -0.05) is 18.2 Å². The van der Waals surface area contributed by atoms with Crippen LogP contribution in [-0.2, 0) is 6.54 Å². The molecule has 4 N–H and O–H groups in total. The largest absolute Gasteiger partial charge is 0.490 e. The zero-order valence-electron chi connectivity index (χ0n) is 17.8. The molecule has 0 atom stereocenters. The summed E-state index contributed by atoms with van der Waals surface area (Å²) in [6.45, 7) is 1.95. The van der Waals surface area contributed by atoms with Gasteiger partial charge in [-0.3, -0.25) is 0 Å². The van der Waals surface area contributed by atoms with Crippen molar-refractivity contribution < 1.29 is 9.84 Å². The van der Waals surface area contributed by atoms with Gasteiger partial charge >= 0.3 is 0 Å². The van der Waals surface area contributed by atoms with Gasteiger partial charge in [0.2, 0.25) is 0 Å². The summed E-state index contributed by atoms with van der Waals surface area (Å²) in [6.07, 6.45) is 5.45. The molecule has 0 spiro atoms. The predicted octanol–water partition coefficient (Wildman–Crippen LogP) is 2.88. The van der Waals surface area contributed by atoms with E-state index in [1.54, 1.807) is 4.68 Å². The highest BCUT2D eigenvalue weighted by molar-refractivity contribution is 6.00. The van der Waals surface area contributed by atoms with Crippen LogP contribution in [0.5, 0.6) is 5.75 Å². The van der Waals surface area contributed by atoms with Crippen molar-refractivity contribution in [3.8, 4) is 17.0 Å². The molecule has 0 bridgehead atoms. The van der Waals surface area contributed by atoms with Crippen LogP contribution in [-0.4, -0.2) is 49.6 Å². The summed E-state index contributed by atoms with van der Waals surface area (Å²) in [5, 5.41) is 22.2. The molecule has 0 radical (unpaired) electrons. The van der Waals surface area contributed by atoms with E-state index >= 15 is 0 Å². The maximum Gasteiger partial charge on any atom is 0.164 e. The van der Waals surface area contributed by atoms with Crippen molar-refractivity contribution in [1.82, 2.24) is 25.1 Å². The predicted molar refractivity (Wildman–Crippen MR) is 123 cm³/mol. The molecule has 32 heavy (non-hydrogen) atoms. The first kappa shape index (κ1) is 19.5. The van der Waals surface area contributed by atoms with Gasteiger partial charge in [-0.25, -0.2) is 14.6 Å². The van der Waals surface area contributed by atoms with Crippen molar-refractivity contribution in [3.63, 3.8) is 0 Å². The van der Waals surface area contributed by atoms with Gasteiger partial charge in [0.05, 0.1) is 23.6 Å². The summed E-state index contributed by atoms with van der Waals surface area (Å²) in [5.41, 5.74) is 7.77. The van der Waals surface area contributed by atoms with Crippen molar-refractivity contribution in [1.29, 1.82) is 0 Å². The van der Waals surface area contributed by atoms with E-state index < -0.39 is 5.60 Å². The minimum atomic E-state index is -0.817. The Morgan fingerprint density at radius 2 is 1.88 bits per heavy atom. The second-order valence-corrected chi connectivity index (χ2v) is 8.98. The third kappa shape index (κ3) is 3.55. The highest BCUT2D eigenvalue weighted by Gasteiger charge is 2.31. The van der Waals surface area contributed by atoms with Gasteiger partial charge in [-0.15, -0.1) is 0 Å². The number of aromatic nitrogens is 4. The summed E-state index contributed by atoms with van der Waals surface area (Å²) < 4.78 is 7.71. The van der Waals surface area contributed by atoms with Crippen LogP contribution in [0.2, 0.25) is 0 Å². The molecule has 1 saturated heterocycles. The van der Waals surface area contributed by atoms with E-state index in [2.05, 4.69) is 39.6 Å². The van der Waals surface area contributed by atoms with E-state index in [1.807, 2.05) is 12.1 Å². The van der Waals surface area contributed by atoms with Gasteiger partial charge in [0, 0.05) is 5.56 Å². The lowest BCUT2D eigenvalue weighted by Gasteiger charge is -2.32. The topological polar surface area (TPSA) is 111 Å². The van der Waals surface area contributed by atoms with Crippen molar-refractivity contribution in [3.05, 3.63) is 42.7 Å². The quantitative estimate of drug-likeness (QED) is 0.446. The minimum Gasteiger partial charge on any atom is -0.490 e. The van der Waals surface area contributed by atoms with E-state index in [1.165, 1.54) is 6.33 Å². The number of rotatable bonds is 5. The number of ether oxygens (including phenoxy) is 1. The molecular formula is C24H26N6O2. The SMILES string of the molecule is Nc1ncnc2c1c(-c1ccc3cc(OC4CC4)ccc3c1)nn2CC1(O)CCNCC1. The van der Waals surface area contributed by atoms with Crippen LogP contribution in [0.4, 0.5) is 5.82 Å². The van der Waals surface area contributed by atoms with Crippen molar-refractivity contribution >= 4 is 27.6 Å². The van der Waals surface area contributed by atoms with Crippen LogP contribution in [0.15, 0.2) is 42.7 Å². The monoisotopic (exact) mass is 430 g/mol. The van der Waals surface area contributed by atoms with Crippen LogP contribution in [0, 0.1) is 0 Å². The second-order valence-electron chi connectivity index (χ2n) is 8.98. The van der Waals surface area contributed by atoms with Gasteiger partial charge in [0.25, 0.3) is 0 Å². The lowest BCUT2D eigenvalue weighted by atomic mass is 9.92. The van der Waals surface area contributed by atoms with Gasteiger partial charge in [-0.05, 0) is 67.7 Å². The van der Waals surface area contributed by atoms with Crippen molar-refractivity contribution in [2.45, 2.75) is 43.9 Å². The first-order valence-electron chi connectivity index (χ1n) is 11.2. The third-order valence-corrected chi connectivity index (χ3v) is 6.45. The molecule has 1 aliphatic carbocycles. The second kappa shape index (κ2) is 7.43. The van der Waals surface area contributed by atoms with Crippen LogP contribution < -0.4 is 15.8 Å². The minimum absolute atomic E-state index is 0.372. The van der Waals surface area contributed by atoms with Gasteiger partial charge in [-0.2, -0.15) is 5.10 Å². The molecule has 2 fully saturated rings. The maximum atomic E-state index is 11.1. The molecule has 0 amide bonds. The standard InChI is InChI=1S/C24H26N6O2/c25-22-20-21(17-2-1-16-12-19(32-18-5-6-18)4-3-15(16)11-17)29-30(23(20)28-14-27-22)13-24(31)7-9-26-10-8-24/h1-4,11-12,14,18,26,31H,5-10,13H2,(H2,25,27,28).